The van der Waals surface area contributed by atoms with Gasteiger partial charge in [-0.25, -0.2) is 4.39 Å². The molecule has 0 fully saturated rings. The smallest absolute Gasteiger partial charge is 0.252 e. The van der Waals surface area contributed by atoms with E-state index in [-0.39, 0.29) is 11.4 Å². The molecule has 1 atom stereocenters. The first-order valence-corrected chi connectivity index (χ1v) is 12.3. The Bertz CT molecular complexity index is 1770. The van der Waals surface area contributed by atoms with Gasteiger partial charge in [0.25, 0.3) is 5.91 Å². The predicted molar refractivity (Wildman–Crippen MR) is 145 cm³/mol. The van der Waals surface area contributed by atoms with Crippen LogP contribution in [0.1, 0.15) is 52.7 Å². The van der Waals surface area contributed by atoms with Crippen molar-refractivity contribution in [3.05, 3.63) is 94.4 Å². The maximum Gasteiger partial charge on any atom is 0.252 e. The molecule has 0 spiro atoms. The van der Waals surface area contributed by atoms with Gasteiger partial charge in [-0.3, -0.25) is 9.78 Å². The zero-order valence-electron chi connectivity index (χ0n) is 21.2. The van der Waals surface area contributed by atoms with Crippen molar-refractivity contribution in [3.8, 4) is 11.3 Å². The summed E-state index contributed by atoms with van der Waals surface area (Å²) in [5.74, 6) is -0.984. The molecule has 38 heavy (non-hydrogen) atoms. The number of hydrogen-bond donors (Lipinski definition) is 4. The summed E-state index contributed by atoms with van der Waals surface area (Å²) in [5, 5.41) is 23.1. The Hall–Kier alpha value is -4.27. The highest BCUT2D eigenvalue weighted by molar-refractivity contribution is 6.19. The molecule has 1 unspecified atom stereocenters. The summed E-state index contributed by atoms with van der Waals surface area (Å²) in [7, 11) is 0. The number of fused-ring (bicyclic) bond motifs is 4. The summed E-state index contributed by atoms with van der Waals surface area (Å²) in [5.41, 5.74) is 11.5. The molecule has 0 saturated carbocycles. The van der Waals surface area contributed by atoms with E-state index in [0.29, 0.717) is 23.3 Å². The number of benzene rings is 3. The van der Waals surface area contributed by atoms with E-state index in [4.69, 9.17) is 5.73 Å². The fraction of sp³-hybridized carbons (Fsp3) is 0.200. The van der Waals surface area contributed by atoms with Crippen molar-refractivity contribution in [1.82, 2.24) is 9.97 Å². The van der Waals surface area contributed by atoms with Crippen LogP contribution in [0.25, 0.3) is 33.1 Å². The lowest BCUT2D eigenvalue weighted by Gasteiger charge is -2.26. The number of primary amides is 1. The molecule has 0 saturated heterocycles. The molecule has 3 heterocycles. The molecule has 2 aromatic heterocycles. The molecule has 1 aliphatic rings. The van der Waals surface area contributed by atoms with Crippen LogP contribution in [-0.4, -0.2) is 26.1 Å². The number of nitrogens with one attached hydrogen (secondary N) is 1. The van der Waals surface area contributed by atoms with E-state index in [2.05, 4.69) is 9.97 Å². The minimum Gasteiger partial charge on any atom is -0.386 e. The van der Waals surface area contributed by atoms with Crippen LogP contribution in [0.5, 0.6) is 0 Å². The van der Waals surface area contributed by atoms with Crippen LogP contribution in [0.2, 0.25) is 0 Å². The number of halogens is 1. The van der Waals surface area contributed by atoms with E-state index < -0.39 is 17.7 Å². The second-order valence-electron chi connectivity index (χ2n) is 10.4. The first kappa shape index (κ1) is 24.1. The van der Waals surface area contributed by atoms with Crippen LogP contribution in [0.4, 0.5) is 10.1 Å². The number of hydrogen-bond acceptors (Lipinski definition) is 5. The average Bonchev–Trinajstić information content (AvgIpc) is 3.40. The quantitative estimate of drug-likeness (QED) is 0.266. The van der Waals surface area contributed by atoms with E-state index in [1.165, 1.54) is 18.3 Å². The van der Waals surface area contributed by atoms with Gasteiger partial charge in [-0.1, -0.05) is 30.3 Å². The summed E-state index contributed by atoms with van der Waals surface area (Å²) in [6.45, 7) is 5.83. The Labute approximate surface area is 218 Å². The van der Waals surface area contributed by atoms with Gasteiger partial charge in [0.1, 0.15) is 5.82 Å². The molecule has 192 valence electrons. The van der Waals surface area contributed by atoms with Gasteiger partial charge >= 0.3 is 0 Å². The third kappa shape index (κ3) is 3.64. The molecule has 5 N–H and O–H groups in total. The van der Waals surface area contributed by atoms with E-state index in [0.717, 1.165) is 44.2 Å². The van der Waals surface area contributed by atoms with E-state index in [1.807, 2.05) is 48.2 Å². The number of amides is 1. The van der Waals surface area contributed by atoms with Crippen molar-refractivity contribution in [2.24, 2.45) is 5.73 Å². The van der Waals surface area contributed by atoms with Crippen LogP contribution in [0.15, 0.2) is 60.8 Å². The number of anilines is 1. The standard InChI is InChI=1S/C30H27FN4O3/c1-15-19(5-4-6-24(15)35-14-16-7-9-18(31)12-21(16)29(35)37)26-25-20-10-8-17(30(2,3)38)11-23(20)34-27(25)22(13-33-26)28(32)36/h4-13,29,34,37-38H,14H2,1-3H3,(H2,32,36). The van der Waals surface area contributed by atoms with Crippen LogP contribution in [-0.2, 0) is 12.1 Å². The van der Waals surface area contributed by atoms with Gasteiger partial charge in [0, 0.05) is 45.8 Å². The Morgan fingerprint density at radius 1 is 1.18 bits per heavy atom. The molecular weight excluding hydrogens is 483 g/mol. The number of aromatic nitrogens is 2. The van der Waals surface area contributed by atoms with Gasteiger partial charge < -0.3 is 25.8 Å². The fourth-order valence-electron chi connectivity index (χ4n) is 5.47. The lowest BCUT2D eigenvalue weighted by atomic mass is 9.95. The summed E-state index contributed by atoms with van der Waals surface area (Å²) >= 11 is 0. The molecule has 6 rings (SSSR count). The highest BCUT2D eigenvalue weighted by Gasteiger charge is 2.31. The first-order chi connectivity index (χ1) is 18.0. The van der Waals surface area contributed by atoms with Crippen molar-refractivity contribution in [2.45, 2.75) is 39.1 Å². The van der Waals surface area contributed by atoms with Crippen molar-refractivity contribution in [1.29, 1.82) is 0 Å². The third-order valence-corrected chi connectivity index (χ3v) is 7.49. The lowest BCUT2D eigenvalue weighted by molar-refractivity contribution is 0.0787. The second-order valence-corrected chi connectivity index (χ2v) is 10.4. The molecule has 1 aliphatic heterocycles. The van der Waals surface area contributed by atoms with Crippen molar-refractivity contribution in [2.75, 3.05) is 4.90 Å². The highest BCUT2D eigenvalue weighted by atomic mass is 19.1. The van der Waals surface area contributed by atoms with Crippen molar-refractivity contribution in [3.63, 3.8) is 0 Å². The Morgan fingerprint density at radius 3 is 2.71 bits per heavy atom. The minimum absolute atomic E-state index is 0.269. The molecule has 0 radical (unpaired) electrons. The fourth-order valence-corrected chi connectivity index (χ4v) is 5.47. The number of H-pyrrole nitrogens is 1. The molecule has 7 nitrogen and oxygen atoms in total. The number of rotatable bonds is 4. The summed E-state index contributed by atoms with van der Waals surface area (Å²) < 4.78 is 13.9. The second kappa shape index (κ2) is 8.37. The van der Waals surface area contributed by atoms with Gasteiger partial charge in [-0.05, 0) is 61.7 Å². The van der Waals surface area contributed by atoms with Crippen molar-refractivity contribution < 1.29 is 19.4 Å². The lowest BCUT2D eigenvalue weighted by Crippen LogP contribution is -2.22. The third-order valence-electron chi connectivity index (χ3n) is 7.49. The monoisotopic (exact) mass is 510 g/mol. The van der Waals surface area contributed by atoms with Crippen LogP contribution in [0, 0.1) is 12.7 Å². The van der Waals surface area contributed by atoms with Gasteiger partial charge in [0.2, 0.25) is 0 Å². The summed E-state index contributed by atoms with van der Waals surface area (Å²) in [6, 6.07) is 15.9. The largest absolute Gasteiger partial charge is 0.386 e. The number of nitrogens with zero attached hydrogens (tertiary/aromatic N) is 2. The average molecular weight is 511 g/mol. The Balaban J connectivity index is 1.55. The molecule has 0 bridgehead atoms. The zero-order chi connectivity index (χ0) is 26.9. The van der Waals surface area contributed by atoms with Gasteiger partial charge in [-0.2, -0.15) is 0 Å². The Kier molecular flexibility index (Phi) is 5.31. The number of pyridine rings is 1. The normalized spacial score (nSPS) is 15.4. The predicted octanol–water partition coefficient (Wildman–Crippen LogP) is 5.17. The highest BCUT2D eigenvalue weighted by Crippen LogP contribution is 2.42. The van der Waals surface area contributed by atoms with Crippen LogP contribution < -0.4 is 10.6 Å². The van der Waals surface area contributed by atoms with Crippen LogP contribution >= 0.6 is 0 Å². The summed E-state index contributed by atoms with van der Waals surface area (Å²) in [6.07, 6.45) is 0.495. The maximum absolute atomic E-state index is 13.9. The molecule has 5 aromatic rings. The first-order valence-electron chi connectivity index (χ1n) is 12.3. The van der Waals surface area contributed by atoms with E-state index in [9.17, 15) is 19.4 Å². The van der Waals surface area contributed by atoms with Gasteiger partial charge in [-0.15, -0.1) is 0 Å². The molecular formula is C30H27FN4O3. The number of nitrogens with two attached hydrogens (primary N) is 1. The number of aliphatic hydroxyl groups excluding tert-OH is 1. The maximum atomic E-state index is 13.9. The Morgan fingerprint density at radius 2 is 1.97 bits per heavy atom. The topological polar surface area (TPSA) is 115 Å². The molecule has 1 amide bonds. The van der Waals surface area contributed by atoms with Gasteiger partial charge in [0.15, 0.2) is 6.23 Å². The zero-order valence-corrected chi connectivity index (χ0v) is 21.2. The molecule has 3 aromatic carbocycles. The molecule has 8 heteroatoms. The van der Waals surface area contributed by atoms with E-state index in [1.54, 1.807) is 19.9 Å². The number of aromatic amines is 1. The summed E-state index contributed by atoms with van der Waals surface area (Å²) in [4.78, 5) is 22.1. The number of carbonyl (C=O) groups is 1. The number of carbonyl (C=O) groups excluding carboxylic acids is 1. The van der Waals surface area contributed by atoms with Crippen LogP contribution in [0.3, 0.4) is 0 Å². The van der Waals surface area contributed by atoms with Crippen molar-refractivity contribution >= 4 is 33.4 Å². The van der Waals surface area contributed by atoms with Gasteiger partial charge in [0.05, 0.1) is 22.4 Å². The van der Waals surface area contributed by atoms with E-state index >= 15 is 0 Å². The minimum atomic E-state index is -1.04. The number of aliphatic hydroxyl groups is 2. The molecule has 0 aliphatic carbocycles. The SMILES string of the molecule is Cc1c(-c2ncc(C(N)=O)c3[nH]c4cc(C(C)(C)O)ccc4c23)cccc1N1Cc2ccc(F)cc2C1O.